The molecule has 0 spiro atoms. The van der Waals surface area contributed by atoms with Crippen LogP contribution in [-0.4, -0.2) is 35.2 Å². The number of pyridine rings is 2. The smallest absolute Gasteiger partial charge is 0.222 e. The molecule has 10 nitrogen and oxygen atoms in total. The van der Waals surface area contributed by atoms with Crippen molar-refractivity contribution in [1.82, 2.24) is 29.3 Å². The van der Waals surface area contributed by atoms with Gasteiger partial charge in [-0.1, -0.05) is 13.8 Å². The molecule has 4 aromatic heterocycles. The highest BCUT2D eigenvalue weighted by molar-refractivity contribution is 5.87. The van der Waals surface area contributed by atoms with Gasteiger partial charge in [-0.3, -0.25) is 9.48 Å². The summed E-state index contributed by atoms with van der Waals surface area (Å²) < 4.78 is 9.95. The maximum Gasteiger partial charge on any atom is 0.222 e. The fraction of sp³-hybridized carbons (Fsp3) is 0.348. The molecule has 0 saturated heterocycles. The number of carbonyl (C=O) groups excluding carboxylic acids is 1. The van der Waals surface area contributed by atoms with E-state index < -0.39 is 0 Å². The van der Waals surface area contributed by atoms with Gasteiger partial charge in [-0.05, 0) is 18.9 Å². The van der Waals surface area contributed by atoms with E-state index in [9.17, 15) is 4.79 Å². The number of aryl methyl sites for hydroxylation is 2. The van der Waals surface area contributed by atoms with Crippen molar-refractivity contribution in [3.05, 3.63) is 42.4 Å². The van der Waals surface area contributed by atoms with E-state index in [0.29, 0.717) is 28.9 Å². The lowest BCUT2D eigenvalue weighted by atomic mass is 9.82. The van der Waals surface area contributed by atoms with E-state index in [-0.39, 0.29) is 11.3 Å². The normalized spacial score (nSPS) is 14.7. The lowest BCUT2D eigenvalue weighted by molar-refractivity contribution is -0.114. The van der Waals surface area contributed by atoms with Crippen LogP contribution in [0.1, 0.15) is 39.3 Å². The molecular weight excluding hydrogens is 420 g/mol. The van der Waals surface area contributed by atoms with E-state index in [4.69, 9.17) is 9.84 Å². The first kappa shape index (κ1) is 20.9. The number of aromatic nitrogens is 6. The topological polar surface area (TPSA) is 112 Å². The summed E-state index contributed by atoms with van der Waals surface area (Å²) >= 11 is 0. The van der Waals surface area contributed by atoms with Gasteiger partial charge < -0.3 is 19.9 Å². The molecule has 0 atom stereocenters. The Morgan fingerprint density at radius 1 is 1.15 bits per heavy atom. The largest absolute Gasteiger partial charge is 0.455 e. The molecule has 5 rings (SSSR count). The Balaban J connectivity index is 1.39. The summed E-state index contributed by atoms with van der Waals surface area (Å²) in [6.45, 7) is 6.88. The highest BCUT2D eigenvalue weighted by Crippen LogP contribution is 2.35. The lowest BCUT2D eigenvalue weighted by Gasteiger charge is -2.30. The first-order valence-electron chi connectivity index (χ1n) is 10.9. The number of hydrogen-bond donors (Lipinski definition) is 2. The average Bonchev–Trinajstić information content (AvgIpc) is 3.30. The van der Waals surface area contributed by atoms with Gasteiger partial charge in [0.1, 0.15) is 17.3 Å². The summed E-state index contributed by atoms with van der Waals surface area (Å²) in [5, 5.41) is 10.7. The van der Waals surface area contributed by atoms with Crippen molar-refractivity contribution < 1.29 is 9.53 Å². The first-order valence-corrected chi connectivity index (χ1v) is 10.9. The van der Waals surface area contributed by atoms with Gasteiger partial charge in [-0.2, -0.15) is 10.1 Å². The van der Waals surface area contributed by atoms with Gasteiger partial charge in [0.2, 0.25) is 11.9 Å². The standard InChI is InChI=1S/C23H26N8O2/c1-14(32)26-19-11-15(6-8-24-19)33-16-10-17-21(25-13-16)28-22(30(17)4)27-20-12-18-23(2,3)7-5-9-31(18)29-20/h6,8,10-13H,5,7,9H2,1-4H3,(H,24,26,32)(H,25,27,28,29). The zero-order chi connectivity index (χ0) is 23.2. The number of nitrogens with one attached hydrogen (secondary N) is 2. The maximum atomic E-state index is 11.3. The SMILES string of the molecule is CC(=O)Nc1cc(Oc2cnc3nc(Nc4cc5n(n4)CCCC5(C)C)n(C)c3c2)ccn1. The van der Waals surface area contributed by atoms with Crippen LogP contribution < -0.4 is 15.4 Å². The Bertz CT molecular complexity index is 1350. The van der Waals surface area contributed by atoms with Gasteiger partial charge in [-0.25, -0.2) is 9.97 Å². The van der Waals surface area contributed by atoms with Gasteiger partial charge in [0.25, 0.3) is 0 Å². The third-order valence-electron chi connectivity index (χ3n) is 5.87. The van der Waals surface area contributed by atoms with Crippen molar-refractivity contribution in [3.8, 4) is 11.5 Å². The minimum Gasteiger partial charge on any atom is -0.455 e. The molecule has 0 saturated carbocycles. The molecule has 0 bridgehead atoms. The highest BCUT2D eigenvalue weighted by atomic mass is 16.5. The van der Waals surface area contributed by atoms with Crippen molar-refractivity contribution in [3.63, 3.8) is 0 Å². The molecule has 1 amide bonds. The van der Waals surface area contributed by atoms with Crippen LogP contribution >= 0.6 is 0 Å². The number of amides is 1. The van der Waals surface area contributed by atoms with Gasteiger partial charge in [-0.15, -0.1) is 0 Å². The molecule has 10 heteroatoms. The predicted molar refractivity (Wildman–Crippen MR) is 125 cm³/mol. The molecule has 4 aromatic rings. The number of carbonyl (C=O) groups is 1. The molecule has 33 heavy (non-hydrogen) atoms. The molecule has 0 aromatic carbocycles. The van der Waals surface area contributed by atoms with E-state index in [0.717, 1.165) is 30.7 Å². The quantitative estimate of drug-likeness (QED) is 0.474. The van der Waals surface area contributed by atoms with E-state index in [2.05, 4.69) is 50.2 Å². The summed E-state index contributed by atoms with van der Waals surface area (Å²) in [6.07, 6.45) is 5.48. The summed E-state index contributed by atoms with van der Waals surface area (Å²) in [6, 6.07) is 7.36. The molecular formula is C23H26N8O2. The van der Waals surface area contributed by atoms with Crippen molar-refractivity contribution in [2.24, 2.45) is 7.05 Å². The minimum absolute atomic E-state index is 0.109. The van der Waals surface area contributed by atoms with E-state index in [1.165, 1.54) is 12.6 Å². The van der Waals surface area contributed by atoms with Crippen molar-refractivity contribution >= 4 is 34.7 Å². The van der Waals surface area contributed by atoms with E-state index >= 15 is 0 Å². The number of anilines is 3. The first-order chi connectivity index (χ1) is 15.8. The van der Waals surface area contributed by atoms with Crippen molar-refractivity contribution in [2.75, 3.05) is 10.6 Å². The second kappa shape index (κ2) is 7.88. The molecule has 0 unspecified atom stereocenters. The number of hydrogen-bond acceptors (Lipinski definition) is 7. The van der Waals surface area contributed by atoms with Gasteiger partial charge >= 0.3 is 0 Å². The number of nitrogens with zero attached hydrogens (tertiary/aromatic N) is 6. The molecule has 170 valence electrons. The van der Waals surface area contributed by atoms with Gasteiger partial charge in [0.05, 0.1) is 11.7 Å². The Morgan fingerprint density at radius 3 is 2.79 bits per heavy atom. The fourth-order valence-corrected chi connectivity index (χ4v) is 4.18. The summed E-state index contributed by atoms with van der Waals surface area (Å²) in [4.78, 5) is 24.4. The number of imidazole rings is 1. The summed E-state index contributed by atoms with van der Waals surface area (Å²) in [5.74, 6) is 2.75. The third kappa shape index (κ3) is 4.11. The van der Waals surface area contributed by atoms with Crippen LogP contribution in [0.2, 0.25) is 0 Å². The Hall–Kier alpha value is -3.95. The molecule has 5 heterocycles. The monoisotopic (exact) mass is 446 g/mol. The number of rotatable bonds is 5. The van der Waals surface area contributed by atoms with Crippen LogP contribution in [0.4, 0.5) is 17.6 Å². The van der Waals surface area contributed by atoms with E-state index in [1.54, 1.807) is 24.5 Å². The van der Waals surface area contributed by atoms with Crippen LogP contribution in [0.25, 0.3) is 11.2 Å². The number of fused-ring (bicyclic) bond motifs is 2. The van der Waals surface area contributed by atoms with Gasteiger partial charge in [0.15, 0.2) is 11.5 Å². The lowest BCUT2D eigenvalue weighted by Crippen LogP contribution is -2.27. The second-order valence-electron chi connectivity index (χ2n) is 8.92. The van der Waals surface area contributed by atoms with Crippen molar-refractivity contribution in [1.29, 1.82) is 0 Å². The molecule has 0 fully saturated rings. The minimum atomic E-state index is -0.195. The zero-order valence-corrected chi connectivity index (χ0v) is 19.1. The van der Waals surface area contributed by atoms with E-state index in [1.807, 2.05) is 17.7 Å². The maximum absolute atomic E-state index is 11.3. The van der Waals surface area contributed by atoms with Crippen LogP contribution in [0, 0.1) is 0 Å². The second-order valence-corrected chi connectivity index (χ2v) is 8.92. The van der Waals surface area contributed by atoms with Crippen molar-refractivity contribution in [2.45, 2.75) is 45.6 Å². The zero-order valence-electron chi connectivity index (χ0n) is 19.1. The molecule has 2 N–H and O–H groups in total. The van der Waals surface area contributed by atoms with Crippen LogP contribution in [0.15, 0.2) is 36.7 Å². The van der Waals surface area contributed by atoms with Gasteiger partial charge in [0, 0.05) is 56.0 Å². The van der Waals surface area contributed by atoms with Crippen LogP contribution in [0.3, 0.4) is 0 Å². The van der Waals surface area contributed by atoms with Crippen LogP contribution in [0.5, 0.6) is 11.5 Å². The summed E-state index contributed by atoms with van der Waals surface area (Å²) in [5.41, 5.74) is 2.76. The molecule has 1 aliphatic heterocycles. The average molecular weight is 447 g/mol. The Morgan fingerprint density at radius 2 is 2.00 bits per heavy atom. The Kier molecular flexibility index (Phi) is 4.99. The molecule has 1 aliphatic rings. The number of ether oxygens (including phenoxy) is 1. The predicted octanol–water partition coefficient (Wildman–Crippen LogP) is 4.13. The fourth-order valence-electron chi connectivity index (χ4n) is 4.18. The summed E-state index contributed by atoms with van der Waals surface area (Å²) in [7, 11) is 1.92. The Labute approximate surface area is 191 Å². The molecule has 0 radical (unpaired) electrons. The highest BCUT2D eigenvalue weighted by Gasteiger charge is 2.29. The van der Waals surface area contributed by atoms with Crippen LogP contribution in [-0.2, 0) is 23.8 Å². The molecule has 0 aliphatic carbocycles. The third-order valence-corrected chi connectivity index (χ3v) is 5.87.